The van der Waals surface area contributed by atoms with Gasteiger partial charge in [0.15, 0.2) is 0 Å². The molecule has 0 bridgehead atoms. The Balaban J connectivity index is 2.08. The van der Waals surface area contributed by atoms with Crippen molar-refractivity contribution in [1.82, 2.24) is 9.36 Å². The molecule has 0 aromatic carbocycles. The van der Waals surface area contributed by atoms with Crippen LogP contribution in [0.5, 0.6) is 0 Å². The molecule has 0 spiro atoms. The number of aromatic nitrogens is 2. The van der Waals surface area contributed by atoms with Crippen molar-refractivity contribution in [3.63, 3.8) is 0 Å². The molecule has 1 fully saturated rings. The molecule has 1 saturated heterocycles. The quantitative estimate of drug-likeness (QED) is 0.864. The maximum absolute atomic E-state index is 5.40. The van der Waals surface area contributed by atoms with Gasteiger partial charge < -0.3 is 10.1 Å². The van der Waals surface area contributed by atoms with Gasteiger partial charge >= 0.3 is 0 Å². The molecule has 1 aromatic heterocycles. The van der Waals surface area contributed by atoms with Crippen LogP contribution >= 0.6 is 11.5 Å². The van der Waals surface area contributed by atoms with Gasteiger partial charge in [-0.05, 0) is 13.3 Å². The lowest BCUT2D eigenvalue weighted by Crippen LogP contribution is -2.34. The number of nitrogens with one attached hydrogen (secondary N) is 1. The first-order chi connectivity index (χ1) is 7.39. The molecule has 2 heterocycles. The molecule has 1 unspecified atom stereocenters. The SMILES string of the molecule is CC1(Nc2nc(C(C)(C)C)ns2)CCOC1. The summed E-state index contributed by atoms with van der Waals surface area (Å²) in [6.07, 6.45) is 1.03. The zero-order valence-electron chi connectivity index (χ0n) is 10.3. The number of hydrogen-bond acceptors (Lipinski definition) is 5. The van der Waals surface area contributed by atoms with Gasteiger partial charge in [0.2, 0.25) is 5.13 Å². The Morgan fingerprint density at radius 2 is 2.19 bits per heavy atom. The summed E-state index contributed by atoms with van der Waals surface area (Å²) in [4.78, 5) is 4.53. The molecule has 4 nitrogen and oxygen atoms in total. The van der Waals surface area contributed by atoms with Gasteiger partial charge in [-0.3, -0.25) is 0 Å². The Labute approximate surface area is 101 Å². The van der Waals surface area contributed by atoms with Crippen molar-refractivity contribution >= 4 is 16.7 Å². The smallest absolute Gasteiger partial charge is 0.203 e. The number of rotatable bonds is 2. The summed E-state index contributed by atoms with van der Waals surface area (Å²) in [5.74, 6) is 0.905. The van der Waals surface area contributed by atoms with Crippen LogP contribution in [0.25, 0.3) is 0 Å². The molecule has 5 heteroatoms. The number of ether oxygens (including phenoxy) is 1. The molecule has 0 aliphatic carbocycles. The summed E-state index contributed by atoms with van der Waals surface area (Å²) >= 11 is 1.43. The second kappa shape index (κ2) is 3.96. The van der Waals surface area contributed by atoms with E-state index in [4.69, 9.17) is 4.74 Å². The molecule has 1 aliphatic rings. The first kappa shape index (κ1) is 11.8. The predicted octanol–water partition coefficient (Wildman–Crippen LogP) is 2.43. The predicted molar refractivity (Wildman–Crippen MR) is 66.1 cm³/mol. The number of nitrogens with zero attached hydrogens (tertiary/aromatic N) is 2. The van der Waals surface area contributed by atoms with Crippen molar-refractivity contribution in [2.75, 3.05) is 18.5 Å². The lowest BCUT2D eigenvalue weighted by molar-refractivity contribution is 0.185. The molecule has 1 aromatic rings. The molecule has 1 N–H and O–H groups in total. The standard InChI is InChI=1S/C11H19N3OS/c1-10(2,3)8-12-9(16-14-8)13-11(4)5-6-15-7-11/h5-7H2,1-4H3,(H,12,13,14). The number of hydrogen-bond donors (Lipinski definition) is 1. The van der Waals surface area contributed by atoms with E-state index in [2.05, 4.69) is 42.4 Å². The van der Waals surface area contributed by atoms with Gasteiger partial charge in [0.25, 0.3) is 0 Å². The van der Waals surface area contributed by atoms with Crippen LogP contribution in [-0.4, -0.2) is 28.1 Å². The van der Waals surface area contributed by atoms with Crippen LogP contribution in [-0.2, 0) is 10.2 Å². The molecule has 2 rings (SSSR count). The normalized spacial score (nSPS) is 26.0. The Bertz CT molecular complexity index is 364. The van der Waals surface area contributed by atoms with E-state index in [0.717, 1.165) is 30.6 Å². The fourth-order valence-electron chi connectivity index (χ4n) is 1.60. The molecule has 90 valence electrons. The van der Waals surface area contributed by atoms with Gasteiger partial charge in [0.05, 0.1) is 12.1 Å². The van der Waals surface area contributed by atoms with Crippen LogP contribution in [0.1, 0.15) is 39.9 Å². The van der Waals surface area contributed by atoms with Crippen LogP contribution in [0.15, 0.2) is 0 Å². The molecular weight excluding hydrogens is 222 g/mol. The Kier molecular flexibility index (Phi) is 2.92. The van der Waals surface area contributed by atoms with E-state index in [1.807, 2.05) is 0 Å². The minimum atomic E-state index is 0.0174. The van der Waals surface area contributed by atoms with Crippen LogP contribution in [0.4, 0.5) is 5.13 Å². The average Bonchev–Trinajstić information content (AvgIpc) is 2.74. The summed E-state index contributed by atoms with van der Waals surface area (Å²) in [6.45, 7) is 10.1. The highest BCUT2D eigenvalue weighted by Gasteiger charge is 2.31. The van der Waals surface area contributed by atoms with Gasteiger partial charge in [-0.2, -0.15) is 4.37 Å². The highest BCUT2D eigenvalue weighted by Crippen LogP contribution is 2.27. The third-order valence-electron chi connectivity index (χ3n) is 2.72. The third kappa shape index (κ3) is 2.52. The van der Waals surface area contributed by atoms with E-state index in [-0.39, 0.29) is 11.0 Å². The monoisotopic (exact) mass is 241 g/mol. The van der Waals surface area contributed by atoms with Crippen molar-refractivity contribution in [3.05, 3.63) is 5.82 Å². The third-order valence-corrected chi connectivity index (χ3v) is 3.35. The van der Waals surface area contributed by atoms with Crippen molar-refractivity contribution in [2.45, 2.75) is 45.1 Å². The first-order valence-electron chi connectivity index (χ1n) is 5.59. The summed E-state index contributed by atoms with van der Waals surface area (Å²) in [6, 6.07) is 0. The molecule has 0 amide bonds. The van der Waals surface area contributed by atoms with Crippen molar-refractivity contribution < 1.29 is 4.74 Å². The second-order valence-electron chi connectivity index (χ2n) is 5.66. The van der Waals surface area contributed by atoms with Crippen LogP contribution in [0.3, 0.4) is 0 Å². The lowest BCUT2D eigenvalue weighted by Gasteiger charge is -2.22. The Morgan fingerprint density at radius 3 is 2.69 bits per heavy atom. The molecule has 1 aliphatic heterocycles. The summed E-state index contributed by atoms with van der Waals surface area (Å²) < 4.78 is 9.79. The second-order valence-corrected chi connectivity index (χ2v) is 6.41. The fourth-order valence-corrected chi connectivity index (χ4v) is 2.51. The van der Waals surface area contributed by atoms with Gasteiger partial charge in [0, 0.05) is 23.6 Å². The molecule has 1 atom stereocenters. The topological polar surface area (TPSA) is 47.0 Å². The van der Waals surface area contributed by atoms with Gasteiger partial charge in [-0.1, -0.05) is 20.8 Å². The van der Waals surface area contributed by atoms with E-state index in [1.165, 1.54) is 11.5 Å². The molecule has 16 heavy (non-hydrogen) atoms. The Hall–Kier alpha value is -0.680. The highest BCUT2D eigenvalue weighted by atomic mass is 32.1. The highest BCUT2D eigenvalue weighted by molar-refractivity contribution is 7.09. The zero-order chi connectivity index (χ0) is 11.8. The van der Waals surface area contributed by atoms with Crippen molar-refractivity contribution in [1.29, 1.82) is 0 Å². The summed E-state index contributed by atoms with van der Waals surface area (Å²) in [5.41, 5.74) is 0.0399. The van der Waals surface area contributed by atoms with Crippen LogP contribution in [0, 0.1) is 0 Å². The fraction of sp³-hybridized carbons (Fsp3) is 0.818. The van der Waals surface area contributed by atoms with Crippen LogP contribution in [0.2, 0.25) is 0 Å². The van der Waals surface area contributed by atoms with E-state index in [0.29, 0.717) is 0 Å². The number of anilines is 1. The molecule has 0 radical (unpaired) electrons. The van der Waals surface area contributed by atoms with Gasteiger partial charge in [-0.15, -0.1) is 0 Å². The van der Waals surface area contributed by atoms with E-state index in [9.17, 15) is 0 Å². The maximum atomic E-state index is 5.40. The van der Waals surface area contributed by atoms with E-state index < -0.39 is 0 Å². The summed E-state index contributed by atoms with van der Waals surface area (Å²) in [7, 11) is 0. The van der Waals surface area contributed by atoms with Gasteiger partial charge in [-0.25, -0.2) is 4.98 Å². The molecular formula is C11H19N3OS. The van der Waals surface area contributed by atoms with E-state index >= 15 is 0 Å². The van der Waals surface area contributed by atoms with E-state index in [1.54, 1.807) is 0 Å². The minimum Gasteiger partial charge on any atom is -0.379 e. The lowest BCUT2D eigenvalue weighted by atomic mass is 9.96. The first-order valence-corrected chi connectivity index (χ1v) is 6.37. The van der Waals surface area contributed by atoms with Gasteiger partial charge in [0.1, 0.15) is 5.82 Å². The molecule has 0 saturated carbocycles. The summed E-state index contributed by atoms with van der Waals surface area (Å²) in [5, 5.41) is 4.33. The van der Waals surface area contributed by atoms with Crippen molar-refractivity contribution in [3.8, 4) is 0 Å². The van der Waals surface area contributed by atoms with Crippen molar-refractivity contribution in [2.24, 2.45) is 0 Å². The minimum absolute atomic E-state index is 0.0174. The maximum Gasteiger partial charge on any atom is 0.203 e. The Morgan fingerprint density at radius 1 is 1.44 bits per heavy atom. The zero-order valence-corrected chi connectivity index (χ0v) is 11.1. The average molecular weight is 241 g/mol. The van der Waals surface area contributed by atoms with Crippen LogP contribution < -0.4 is 5.32 Å². The largest absolute Gasteiger partial charge is 0.379 e.